The fraction of sp³-hybridized carbons (Fsp3) is 0.0667. The predicted octanol–water partition coefficient (Wildman–Crippen LogP) is 3.18. The van der Waals surface area contributed by atoms with Crippen molar-refractivity contribution < 1.29 is 0 Å². The largest absolute Gasteiger partial charge is 0.113 e. The lowest BCUT2D eigenvalue weighted by Gasteiger charge is -1.95. The van der Waals surface area contributed by atoms with Gasteiger partial charge in [-0.15, -0.1) is 0 Å². The van der Waals surface area contributed by atoms with E-state index in [1.807, 2.05) is 67.6 Å². The smallest absolute Gasteiger partial charge is 0.0966 e. The van der Waals surface area contributed by atoms with Crippen molar-refractivity contribution in [3.8, 4) is 0 Å². The quantitative estimate of drug-likeness (QED) is 0.524. The molecule has 0 aliphatic carbocycles. The summed E-state index contributed by atoms with van der Waals surface area (Å²) in [5.41, 5.74) is 2.87. The minimum atomic E-state index is 0.781. The first-order valence-corrected chi connectivity index (χ1v) is 5.24. The Labute approximate surface area is 99.1 Å². The highest BCUT2D eigenvalue weighted by Crippen LogP contribution is 2.04. The molecule has 0 N–H and O–H groups in total. The van der Waals surface area contributed by atoms with Crippen molar-refractivity contribution in [2.24, 2.45) is 0 Å². The summed E-state index contributed by atoms with van der Waals surface area (Å²) >= 11 is 0. The van der Waals surface area contributed by atoms with Gasteiger partial charge in [-0.25, -0.2) is 0 Å². The Morgan fingerprint density at radius 3 is 2.44 bits per heavy atom. The first kappa shape index (κ1) is 12.3. The fourth-order valence-electron chi connectivity index (χ4n) is 1.16. The molecule has 0 unspecified atom stereocenters. The minimum Gasteiger partial charge on any atom is -0.0966 e. The zero-order valence-corrected chi connectivity index (χ0v) is 9.56. The lowest BCUT2D eigenvalue weighted by Crippen LogP contribution is -1.98. The van der Waals surface area contributed by atoms with Crippen LogP contribution in [0.5, 0.6) is 0 Å². The van der Waals surface area contributed by atoms with E-state index in [0.717, 1.165) is 16.6 Å². The summed E-state index contributed by atoms with van der Waals surface area (Å²) in [4.78, 5) is 0. The summed E-state index contributed by atoms with van der Waals surface area (Å²) in [7, 11) is 5.60. The highest BCUT2D eigenvalue weighted by Gasteiger charge is 1.86. The van der Waals surface area contributed by atoms with Crippen LogP contribution in [0.25, 0.3) is 6.08 Å². The molecular weight excluding hydrogens is 191 g/mol. The average molecular weight is 206 g/mol. The SMILES string of the molecule is [B]c1ccc(/C=C/C(=C)/C=C\C=C/C)cc1. The standard InChI is InChI=1S/C15H15B/c1-3-4-5-6-13(2)7-8-14-9-11-15(16)12-10-14/h3-12H,2H2,1H3/b4-3-,6-5-,8-7+. The third-order valence-corrected chi connectivity index (χ3v) is 2.04. The van der Waals surface area contributed by atoms with Crippen LogP contribution in [0.3, 0.4) is 0 Å². The molecular formula is C15H15B. The van der Waals surface area contributed by atoms with E-state index in [-0.39, 0.29) is 0 Å². The van der Waals surface area contributed by atoms with E-state index in [9.17, 15) is 0 Å². The Balaban J connectivity index is 2.60. The Morgan fingerprint density at radius 2 is 1.81 bits per heavy atom. The van der Waals surface area contributed by atoms with Gasteiger partial charge in [0, 0.05) is 0 Å². The molecule has 0 fully saturated rings. The van der Waals surface area contributed by atoms with Crippen LogP contribution in [-0.4, -0.2) is 7.85 Å². The molecule has 0 aliphatic heterocycles. The molecule has 0 aromatic heterocycles. The molecule has 0 aliphatic rings. The first-order valence-electron chi connectivity index (χ1n) is 5.24. The van der Waals surface area contributed by atoms with Gasteiger partial charge in [0.15, 0.2) is 0 Å². The van der Waals surface area contributed by atoms with Gasteiger partial charge in [0.2, 0.25) is 0 Å². The van der Waals surface area contributed by atoms with Crippen LogP contribution in [-0.2, 0) is 0 Å². The number of hydrogen-bond acceptors (Lipinski definition) is 0. The van der Waals surface area contributed by atoms with Gasteiger partial charge >= 0.3 is 0 Å². The van der Waals surface area contributed by atoms with Crippen LogP contribution in [0.2, 0.25) is 0 Å². The molecule has 0 nitrogen and oxygen atoms in total. The molecule has 1 heteroatoms. The molecule has 0 saturated heterocycles. The average Bonchev–Trinajstić information content (AvgIpc) is 2.29. The highest BCUT2D eigenvalue weighted by atomic mass is 13.9. The van der Waals surface area contributed by atoms with Crippen molar-refractivity contribution in [3.05, 3.63) is 72.4 Å². The van der Waals surface area contributed by atoms with E-state index in [1.165, 1.54) is 0 Å². The van der Waals surface area contributed by atoms with Crippen LogP contribution in [0, 0.1) is 0 Å². The van der Waals surface area contributed by atoms with Crippen molar-refractivity contribution in [3.63, 3.8) is 0 Å². The minimum absolute atomic E-state index is 0.781. The molecule has 0 atom stereocenters. The van der Waals surface area contributed by atoms with Gasteiger partial charge in [-0.1, -0.05) is 72.8 Å². The molecule has 0 saturated carbocycles. The molecule has 0 bridgehead atoms. The molecule has 1 rings (SSSR count). The number of allylic oxidation sites excluding steroid dienone is 6. The van der Waals surface area contributed by atoms with Gasteiger partial charge in [0.1, 0.15) is 7.85 Å². The van der Waals surface area contributed by atoms with Gasteiger partial charge in [0.25, 0.3) is 0 Å². The predicted molar refractivity (Wildman–Crippen MR) is 74.0 cm³/mol. The van der Waals surface area contributed by atoms with E-state index in [1.54, 1.807) is 0 Å². The Hall–Kier alpha value is -1.76. The Bertz CT molecular complexity index is 419. The molecule has 78 valence electrons. The number of hydrogen-bond donors (Lipinski definition) is 0. The lowest BCUT2D eigenvalue weighted by molar-refractivity contribution is 1.67. The molecule has 1 aromatic rings. The third kappa shape index (κ3) is 4.65. The summed E-state index contributed by atoms with van der Waals surface area (Å²) in [6.45, 7) is 5.91. The van der Waals surface area contributed by atoms with Crippen LogP contribution in [0.15, 0.2) is 66.8 Å². The molecule has 0 amide bonds. The second-order valence-corrected chi connectivity index (χ2v) is 3.46. The van der Waals surface area contributed by atoms with Crippen LogP contribution >= 0.6 is 0 Å². The Kier molecular flexibility index (Phi) is 5.14. The molecule has 2 radical (unpaired) electrons. The van der Waals surface area contributed by atoms with Crippen molar-refractivity contribution >= 4 is 19.4 Å². The summed E-state index contributed by atoms with van der Waals surface area (Å²) in [5, 5.41) is 0. The van der Waals surface area contributed by atoms with Gasteiger partial charge in [-0.05, 0) is 18.1 Å². The maximum atomic E-state index is 5.60. The van der Waals surface area contributed by atoms with Crippen molar-refractivity contribution in [2.75, 3.05) is 0 Å². The van der Waals surface area contributed by atoms with Gasteiger partial charge in [-0.2, -0.15) is 0 Å². The molecule has 16 heavy (non-hydrogen) atoms. The van der Waals surface area contributed by atoms with E-state index >= 15 is 0 Å². The second kappa shape index (κ2) is 6.68. The molecule has 1 aromatic carbocycles. The van der Waals surface area contributed by atoms with Crippen LogP contribution < -0.4 is 5.46 Å². The van der Waals surface area contributed by atoms with Gasteiger partial charge in [-0.3, -0.25) is 0 Å². The monoisotopic (exact) mass is 206 g/mol. The second-order valence-electron chi connectivity index (χ2n) is 3.46. The normalized spacial score (nSPS) is 11.8. The van der Waals surface area contributed by atoms with Crippen molar-refractivity contribution in [1.82, 2.24) is 0 Å². The Morgan fingerprint density at radius 1 is 1.12 bits per heavy atom. The lowest BCUT2D eigenvalue weighted by atomic mass is 9.95. The van der Waals surface area contributed by atoms with Gasteiger partial charge in [0.05, 0.1) is 0 Å². The van der Waals surface area contributed by atoms with E-state index in [2.05, 4.69) is 6.58 Å². The summed E-state index contributed by atoms with van der Waals surface area (Å²) in [6.07, 6.45) is 11.9. The summed E-state index contributed by atoms with van der Waals surface area (Å²) in [6, 6.07) is 7.74. The fourth-order valence-corrected chi connectivity index (χ4v) is 1.16. The highest BCUT2D eigenvalue weighted by molar-refractivity contribution is 6.32. The van der Waals surface area contributed by atoms with E-state index < -0.39 is 0 Å². The number of rotatable bonds is 4. The third-order valence-electron chi connectivity index (χ3n) is 2.04. The van der Waals surface area contributed by atoms with Crippen LogP contribution in [0.4, 0.5) is 0 Å². The zero-order valence-electron chi connectivity index (χ0n) is 9.56. The van der Waals surface area contributed by atoms with E-state index in [4.69, 9.17) is 7.85 Å². The van der Waals surface area contributed by atoms with Gasteiger partial charge < -0.3 is 0 Å². The maximum absolute atomic E-state index is 5.60. The molecule has 0 heterocycles. The van der Waals surface area contributed by atoms with Crippen molar-refractivity contribution in [2.45, 2.75) is 6.92 Å². The summed E-state index contributed by atoms with van der Waals surface area (Å²) < 4.78 is 0. The zero-order chi connectivity index (χ0) is 11.8. The van der Waals surface area contributed by atoms with Crippen molar-refractivity contribution in [1.29, 1.82) is 0 Å². The topological polar surface area (TPSA) is 0 Å². The first-order chi connectivity index (χ1) is 7.72. The molecule has 0 spiro atoms. The summed E-state index contributed by atoms with van der Waals surface area (Å²) in [5.74, 6) is 0. The maximum Gasteiger partial charge on any atom is 0.113 e. The van der Waals surface area contributed by atoms with Crippen LogP contribution in [0.1, 0.15) is 12.5 Å². The number of benzene rings is 1. The van der Waals surface area contributed by atoms with E-state index in [0.29, 0.717) is 0 Å².